The molecule has 206 valence electrons. The van der Waals surface area contributed by atoms with Crippen LogP contribution in [0, 0.1) is 0 Å². The first kappa shape index (κ1) is 24.9. The molecular formula is C31H30N2O7. The number of nitrogens with zero attached hydrogens (tertiary/aromatic N) is 1. The monoisotopic (exact) mass is 542 g/mol. The zero-order chi connectivity index (χ0) is 27.2. The minimum atomic E-state index is -0.544. The van der Waals surface area contributed by atoms with Crippen molar-refractivity contribution >= 4 is 17.5 Å². The maximum atomic E-state index is 13.3. The minimum Gasteiger partial charge on any atom is -0.487 e. The average molecular weight is 543 g/mol. The topological polar surface area (TPSA) is 107 Å². The van der Waals surface area contributed by atoms with Crippen LogP contribution in [0.1, 0.15) is 45.8 Å². The van der Waals surface area contributed by atoms with Gasteiger partial charge in [0, 0.05) is 35.8 Å². The van der Waals surface area contributed by atoms with Gasteiger partial charge < -0.3 is 34.3 Å². The molecule has 0 saturated carbocycles. The largest absolute Gasteiger partial charge is 0.487 e. The highest BCUT2D eigenvalue weighted by atomic mass is 16.7. The van der Waals surface area contributed by atoms with E-state index in [0.717, 1.165) is 12.0 Å². The van der Waals surface area contributed by atoms with E-state index >= 15 is 0 Å². The van der Waals surface area contributed by atoms with Crippen molar-refractivity contribution in [2.45, 2.75) is 50.0 Å². The Balaban J connectivity index is 1.05. The lowest BCUT2D eigenvalue weighted by Gasteiger charge is -2.38. The fourth-order valence-electron chi connectivity index (χ4n) is 6.24. The second-order valence-corrected chi connectivity index (χ2v) is 10.7. The molecule has 0 bridgehead atoms. The first-order valence-corrected chi connectivity index (χ1v) is 13.7. The van der Waals surface area contributed by atoms with E-state index in [1.807, 2.05) is 29.2 Å². The van der Waals surface area contributed by atoms with Gasteiger partial charge in [-0.1, -0.05) is 24.3 Å². The summed E-state index contributed by atoms with van der Waals surface area (Å²) in [5.41, 5.74) is 4.53. The van der Waals surface area contributed by atoms with Gasteiger partial charge in [-0.3, -0.25) is 9.59 Å². The molecular weight excluding hydrogens is 512 g/mol. The molecule has 4 heterocycles. The summed E-state index contributed by atoms with van der Waals surface area (Å²) < 4.78 is 23.1. The van der Waals surface area contributed by atoms with Gasteiger partial charge in [-0.15, -0.1) is 0 Å². The van der Waals surface area contributed by atoms with E-state index in [0.29, 0.717) is 48.0 Å². The van der Waals surface area contributed by atoms with Gasteiger partial charge in [0.2, 0.25) is 12.7 Å². The summed E-state index contributed by atoms with van der Waals surface area (Å²) in [4.78, 5) is 28.1. The van der Waals surface area contributed by atoms with Gasteiger partial charge in [-0.25, -0.2) is 0 Å². The van der Waals surface area contributed by atoms with E-state index in [9.17, 15) is 14.7 Å². The molecule has 0 radical (unpaired) electrons. The normalized spacial score (nSPS) is 24.0. The molecule has 9 nitrogen and oxygen atoms in total. The van der Waals surface area contributed by atoms with Gasteiger partial charge in [0.05, 0.1) is 19.1 Å². The fourth-order valence-corrected chi connectivity index (χ4v) is 6.24. The first-order valence-electron chi connectivity index (χ1n) is 13.7. The van der Waals surface area contributed by atoms with E-state index in [2.05, 4.69) is 17.4 Å². The van der Waals surface area contributed by atoms with Crippen molar-refractivity contribution in [2.75, 3.05) is 25.3 Å². The molecule has 2 amide bonds. The number of rotatable bonds is 5. The lowest BCUT2D eigenvalue weighted by atomic mass is 9.84. The highest BCUT2D eigenvalue weighted by molar-refractivity contribution is 6.04. The number of aliphatic hydroxyl groups is 1. The summed E-state index contributed by atoms with van der Waals surface area (Å²) in [5.74, 6) is 1.60. The van der Waals surface area contributed by atoms with Crippen LogP contribution < -0.4 is 19.5 Å². The Morgan fingerprint density at radius 3 is 2.67 bits per heavy atom. The Hall–Kier alpha value is -4.08. The smallest absolute Gasteiger partial charge is 0.255 e. The first-order chi connectivity index (χ1) is 19.6. The maximum absolute atomic E-state index is 13.3. The Bertz CT molecular complexity index is 1470. The van der Waals surface area contributed by atoms with E-state index < -0.39 is 6.10 Å². The van der Waals surface area contributed by atoms with E-state index in [1.165, 1.54) is 11.1 Å². The number of carbonyl (C=O) groups excluding carboxylic acids is 2. The van der Waals surface area contributed by atoms with Gasteiger partial charge in [0.1, 0.15) is 18.0 Å². The molecule has 7 rings (SSSR count). The Morgan fingerprint density at radius 1 is 0.975 bits per heavy atom. The molecule has 1 saturated heterocycles. The third-order valence-electron chi connectivity index (χ3n) is 8.28. The number of carbonyl (C=O) groups is 2. The Labute approximate surface area is 231 Å². The zero-order valence-corrected chi connectivity index (χ0v) is 21.9. The van der Waals surface area contributed by atoms with Crippen LogP contribution in [0.5, 0.6) is 17.2 Å². The number of ether oxygens (including phenoxy) is 4. The number of anilines is 1. The third kappa shape index (κ3) is 4.55. The van der Waals surface area contributed by atoms with E-state index in [4.69, 9.17) is 18.9 Å². The Morgan fingerprint density at radius 2 is 1.80 bits per heavy atom. The van der Waals surface area contributed by atoms with Crippen LogP contribution in [0.15, 0.2) is 60.7 Å². The quantitative estimate of drug-likeness (QED) is 0.507. The van der Waals surface area contributed by atoms with Crippen molar-refractivity contribution in [2.24, 2.45) is 0 Å². The van der Waals surface area contributed by atoms with Crippen LogP contribution in [0.25, 0.3) is 0 Å². The predicted molar refractivity (Wildman–Crippen MR) is 145 cm³/mol. The molecule has 1 fully saturated rings. The van der Waals surface area contributed by atoms with E-state index in [1.54, 1.807) is 24.3 Å². The average Bonchev–Trinajstić information content (AvgIpc) is 3.60. The van der Waals surface area contributed by atoms with Crippen molar-refractivity contribution in [1.82, 2.24) is 4.90 Å². The summed E-state index contributed by atoms with van der Waals surface area (Å²) in [6.45, 7) is 1.24. The van der Waals surface area contributed by atoms with Crippen LogP contribution in [0.4, 0.5) is 5.69 Å². The zero-order valence-electron chi connectivity index (χ0n) is 21.9. The molecule has 4 atom stereocenters. The second kappa shape index (κ2) is 10.1. The van der Waals surface area contributed by atoms with Gasteiger partial charge >= 0.3 is 0 Å². The second-order valence-electron chi connectivity index (χ2n) is 10.7. The fraction of sp³-hybridized carbons (Fsp3) is 0.355. The number of amides is 2. The van der Waals surface area contributed by atoms with Crippen LogP contribution in [0.3, 0.4) is 0 Å². The number of hydrogen-bond acceptors (Lipinski definition) is 7. The third-order valence-corrected chi connectivity index (χ3v) is 8.28. The molecule has 4 aliphatic heterocycles. The van der Waals surface area contributed by atoms with Crippen LogP contribution in [-0.2, 0) is 22.5 Å². The summed E-state index contributed by atoms with van der Waals surface area (Å²) >= 11 is 0. The molecule has 0 unspecified atom stereocenters. The molecule has 3 aromatic rings. The SMILES string of the molecule is O=C(Nc1ccc2c(c1)[C@H]1C[C@@H](CC(=O)N3CCc4ccccc4C3)O[C@H](CO)[C@H]1O2)c1ccc2c(c1)OCO2. The summed E-state index contributed by atoms with van der Waals surface area (Å²) in [7, 11) is 0. The molecule has 0 aromatic heterocycles. The molecule has 4 aliphatic rings. The van der Waals surface area contributed by atoms with Gasteiger partial charge in [0.15, 0.2) is 11.5 Å². The van der Waals surface area contributed by atoms with Crippen LogP contribution >= 0.6 is 0 Å². The molecule has 9 heteroatoms. The summed E-state index contributed by atoms with van der Waals surface area (Å²) in [6.07, 6.45) is 0.441. The van der Waals surface area contributed by atoms with E-state index in [-0.39, 0.29) is 49.8 Å². The van der Waals surface area contributed by atoms with Crippen molar-refractivity contribution < 1.29 is 33.6 Å². The highest BCUT2D eigenvalue weighted by Crippen LogP contribution is 2.47. The highest BCUT2D eigenvalue weighted by Gasteiger charge is 2.46. The number of nitrogens with one attached hydrogen (secondary N) is 1. The maximum Gasteiger partial charge on any atom is 0.255 e. The van der Waals surface area contributed by atoms with Crippen LogP contribution in [-0.4, -0.2) is 60.1 Å². The number of fused-ring (bicyclic) bond motifs is 5. The van der Waals surface area contributed by atoms with Gasteiger partial charge in [0.25, 0.3) is 5.91 Å². The van der Waals surface area contributed by atoms with Crippen molar-refractivity contribution in [3.63, 3.8) is 0 Å². The predicted octanol–water partition coefficient (Wildman–Crippen LogP) is 3.64. The van der Waals surface area contributed by atoms with Crippen LogP contribution in [0.2, 0.25) is 0 Å². The summed E-state index contributed by atoms with van der Waals surface area (Å²) in [5, 5.41) is 13.1. The lowest BCUT2D eigenvalue weighted by molar-refractivity contribution is -0.149. The van der Waals surface area contributed by atoms with Crippen molar-refractivity contribution in [1.29, 1.82) is 0 Å². The van der Waals surface area contributed by atoms with Gasteiger partial charge in [-0.05, 0) is 60.4 Å². The minimum absolute atomic E-state index is 0.0542. The summed E-state index contributed by atoms with van der Waals surface area (Å²) in [6, 6.07) is 18.9. The lowest BCUT2D eigenvalue weighted by Crippen LogP contribution is -2.48. The molecule has 3 aromatic carbocycles. The molecule has 40 heavy (non-hydrogen) atoms. The number of benzene rings is 3. The Kier molecular flexibility index (Phi) is 6.32. The molecule has 0 spiro atoms. The van der Waals surface area contributed by atoms with Crippen molar-refractivity contribution in [3.05, 3.63) is 82.9 Å². The number of hydrogen-bond donors (Lipinski definition) is 2. The standard InChI is InChI=1S/C31H30N2O7/c34-16-28-30-24(13-22(39-28)14-29(35)33-10-9-18-3-1-2-4-20(18)15-33)23-12-21(6-8-25(23)40-30)32-31(36)19-5-7-26-27(11-19)38-17-37-26/h1-8,11-12,22,24,28,30,34H,9-10,13-17H2,(H,32,36)/t22-,24+,28+,30-/m0/s1. The van der Waals surface area contributed by atoms with Gasteiger partial charge in [-0.2, -0.15) is 0 Å². The molecule has 2 N–H and O–H groups in total. The number of aliphatic hydroxyl groups excluding tert-OH is 1. The molecule has 0 aliphatic carbocycles. The van der Waals surface area contributed by atoms with Crippen molar-refractivity contribution in [3.8, 4) is 17.2 Å².